The molecule has 0 amide bonds. The van der Waals surface area contributed by atoms with Crippen molar-refractivity contribution in [2.24, 2.45) is 0 Å². The van der Waals surface area contributed by atoms with Gasteiger partial charge in [-0.3, -0.25) is 0 Å². The SMILES string of the molecule is CSc1cc(NC(C)(C)c2nccs2)ncn1. The number of aromatic nitrogens is 3. The van der Waals surface area contributed by atoms with Crippen molar-refractivity contribution in [2.45, 2.75) is 24.4 Å². The third-order valence-corrected chi connectivity index (χ3v) is 4.00. The van der Waals surface area contributed by atoms with Crippen LogP contribution in [-0.4, -0.2) is 21.2 Å². The van der Waals surface area contributed by atoms with Gasteiger partial charge >= 0.3 is 0 Å². The van der Waals surface area contributed by atoms with Gasteiger partial charge in [0.2, 0.25) is 0 Å². The number of rotatable bonds is 4. The molecule has 2 aromatic heterocycles. The predicted octanol–water partition coefficient (Wildman–Crippen LogP) is 3.00. The first kappa shape index (κ1) is 12.3. The van der Waals surface area contributed by atoms with Crippen molar-refractivity contribution in [3.63, 3.8) is 0 Å². The van der Waals surface area contributed by atoms with Crippen LogP contribution in [0.1, 0.15) is 18.9 Å². The largest absolute Gasteiger partial charge is 0.359 e. The van der Waals surface area contributed by atoms with Crippen molar-refractivity contribution in [3.05, 3.63) is 29.0 Å². The first-order valence-electron chi connectivity index (χ1n) is 5.16. The topological polar surface area (TPSA) is 50.7 Å². The van der Waals surface area contributed by atoms with Gasteiger partial charge in [0, 0.05) is 17.6 Å². The third kappa shape index (κ3) is 2.95. The molecule has 0 saturated heterocycles. The molecule has 2 heterocycles. The summed E-state index contributed by atoms with van der Waals surface area (Å²) < 4.78 is 0. The van der Waals surface area contributed by atoms with E-state index in [-0.39, 0.29) is 5.54 Å². The summed E-state index contributed by atoms with van der Waals surface area (Å²) in [5.74, 6) is 0.824. The van der Waals surface area contributed by atoms with E-state index < -0.39 is 0 Å². The lowest BCUT2D eigenvalue weighted by molar-refractivity contribution is 0.600. The number of anilines is 1. The van der Waals surface area contributed by atoms with Gasteiger partial charge in [-0.25, -0.2) is 15.0 Å². The van der Waals surface area contributed by atoms with Crippen LogP contribution in [0, 0.1) is 0 Å². The molecular formula is C11H14N4S2. The Bertz CT molecular complexity index is 482. The Labute approximate surface area is 109 Å². The van der Waals surface area contributed by atoms with E-state index >= 15 is 0 Å². The first-order chi connectivity index (χ1) is 8.12. The van der Waals surface area contributed by atoms with Crippen molar-refractivity contribution in [3.8, 4) is 0 Å². The molecule has 0 bridgehead atoms. The Morgan fingerprint density at radius 1 is 1.29 bits per heavy atom. The number of thiazole rings is 1. The van der Waals surface area contributed by atoms with E-state index in [1.54, 1.807) is 29.4 Å². The molecule has 0 atom stereocenters. The Morgan fingerprint density at radius 3 is 2.76 bits per heavy atom. The van der Waals surface area contributed by atoms with E-state index in [0.717, 1.165) is 15.9 Å². The highest BCUT2D eigenvalue weighted by molar-refractivity contribution is 7.98. The molecule has 2 rings (SSSR count). The summed E-state index contributed by atoms with van der Waals surface area (Å²) in [5.41, 5.74) is -0.224. The molecule has 0 aliphatic heterocycles. The number of thioether (sulfide) groups is 1. The van der Waals surface area contributed by atoms with Gasteiger partial charge in [0.1, 0.15) is 22.2 Å². The summed E-state index contributed by atoms with van der Waals surface area (Å²) in [5, 5.41) is 7.36. The second-order valence-electron chi connectivity index (χ2n) is 4.03. The monoisotopic (exact) mass is 266 g/mol. The van der Waals surface area contributed by atoms with E-state index in [1.807, 2.05) is 23.9 Å². The molecule has 1 N–H and O–H groups in total. The summed E-state index contributed by atoms with van der Waals surface area (Å²) in [7, 11) is 0. The van der Waals surface area contributed by atoms with Crippen molar-refractivity contribution in [1.82, 2.24) is 15.0 Å². The van der Waals surface area contributed by atoms with Crippen LogP contribution in [0.25, 0.3) is 0 Å². The normalized spacial score (nSPS) is 11.5. The minimum atomic E-state index is -0.224. The lowest BCUT2D eigenvalue weighted by Crippen LogP contribution is -2.28. The average molecular weight is 266 g/mol. The van der Waals surface area contributed by atoms with E-state index in [4.69, 9.17) is 0 Å². The molecule has 0 spiro atoms. The Hall–Kier alpha value is -1.14. The summed E-state index contributed by atoms with van der Waals surface area (Å²) in [6.07, 6.45) is 5.39. The highest BCUT2D eigenvalue weighted by Crippen LogP contribution is 2.26. The molecule has 0 aromatic carbocycles. The summed E-state index contributed by atoms with van der Waals surface area (Å²) in [6, 6.07) is 1.94. The first-order valence-corrected chi connectivity index (χ1v) is 7.26. The minimum Gasteiger partial charge on any atom is -0.359 e. The number of hydrogen-bond acceptors (Lipinski definition) is 6. The van der Waals surface area contributed by atoms with Crippen LogP contribution in [0.2, 0.25) is 0 Å². The van der Waals surface area contributed by atoms with Crippen LogP contribution in [0.5, 0.6) is 0 Å². The van der Waals surface area contributed by atoms with E-state index in [2.05, 4.69) is 34.1 Å². The highest BCUT2D eigenvalue weighted by Gasteiger charge is 2.23. The molecule has 0 radical (unpaired) electrons. The van der Waals surface area contributed by atoms with Crippen LogP contribution in [0.4, 0.5) is 5.82 Å². The molecule has 0 aliphatic carbocycles. The quantitative estimate of drug-likeness (QED) is 0.681. The van der Waals surface area contributed by atoms with Crippen molar-refractivity contribution in [2.75, 3.05) is 11.6 Å². The fourth-order valence-electron chi connectivity index (χ4n) is 1.43. The van der Waals surface area contributed by atoms with E-state index in [1.165, 1.54) is 0 Å². The van der Waals surface area contributed by atoms with Crippen molar-refractivity contribution in [1.29, 1.82) is 0 Å². The van der Waals surface area contributed by atoms with Gasteiger partial charge in [-0.1, -0.05) is 0 Å². The van der Waals surface area contributed by atoms with Crippen LogP contribution < -0.4 is 5.32 Å². The second-order valence-corrected chi connectivity index (χ2v) is 5.75. The molecular weight excluding hydrogens is 252 g/mol. The second kappa shape index (κ2) is 5.01. The van der Waals surface area contributed by atoms with Gasteiger partial charge < -0.3 is 5.32 Å². The van der Waals surface area contributed by atoms with Crippen molar-refractivity contribution >= 4 is 28.9 Å². The minimum absolute atomic E-state index is 0.224. The van der Waals surface area contributed by atoms with Crippen molar-refractivity contribution < 1.29 is 0 Å². The maximum Gasteiger partial charge on any atom is 0.131 e. The zero-order valence-electron chi connectivity index (χ0n) is 9.97. The number of hydrogen-bond donors (Lipinski definition) is 1. The van der Waals surface area contributed by atoms with E-state index in [0.29, 0.717) is 0 Å². The van der Waals surface area contributed by atoms with Crippen LogP contribution in [0.15, 0.2) is 29.0 Å². The molecule has 0 saturated carbocycles. The average Bonchev–Trinajstić information content (AvgIpc) is 2.83. The van der Waals surface area contributed by atoms with Crippen LogP contribution in [-0.2, 0) is 5.54 Å². The molecule has 0 unspecified atom stereocenters. The molecule has 6 heteroatoms. The lowest BCUT2D eigenvalue weighted by atomic mass is 10.1. The zero-order chi connectivity index (χ0) is 12.3. The maximum atomic E-state index is 4.33. The summed E-state index contributed by atoms with van der Waals surface area (Å²) in [6.45, 7) is 4.18. The van der Waals surface area contributed by atoms with Gasteiger partial charge in [0.15, 0.2) is 0 Å². The fraction of sp³-hybridized carbons (Fsp3) is 0.364. The number of nitrogens with zero attached hydrogens (tertiary/aromatic N) is 3. The van der Waals surface area contributed by atoms with Crippen LogP contribution >= 0.6 is 23.1 Å². The highest BCUT2D eigenvalue weighted by atomic mass is 32.2. The Balaban J connectivity index is 2.20. The predicted molar refractivity (Wildman–Crippen MR) is 72.6 cm³/mol. The Morgan fingerprint density at radius 2 is 2.12 bits per heavy atom. The molecule has 4 nitrogen and oxygen atoms in total. The summed E-state index contributed by atoms with van der Waals surface area (Å²) >= 11 is 3.24. The number of nitrogens with one attached hydrogen (secondary N) is 1. The van der Waals surface area contributed by atoms with Gasteiger partial charge in [0.25, 0.3) is 0 Å². The fourth-order valence-corrected chi connectivity index (χ4v) is 2.53. The zero-order valence-corrected chi connectivity index (χ0v) is 11.6. The molecule has 0 fully saturated rings. The lowest BCUT2D eigenvalue weighted by Gasteiger charge is -2.24. The Kier molecular flexibility index (Phi) is 3.63. The standard InChI is InChI=1S/C11H14N4S2/c1-11(2,10-12-4-5-17-10)15-8-6-9(16-3)14-7-13-8/h4-7H,1-3H3,(H,13,14,15). The molecule has 2 aromatic rings. The molecule has 90 valence electrons. The van der Waals surface area contributed by atoms with Gasteiger partial charge in [0.05, 0.1) is 5.54 Å². The smallest absolute Gasteiger partial charge is 0.131 e. The van der Waals surface area contributed by atoms with Gasteiger partial charge in [-0.2, -0.15) is 0 Å². The third-order valence-electron chi connectivity index (χ3n) is 2.26. The molecule has 17 heavy (non-hydrogen) atoms. The van der Waals surface area contributed by atoms with Crippen LogP contribution in [0.3, 0.4) is 0 Å². The molecule has 0 aliphatic rings. The van der Waals surface area contributed by atoms with Gasteiger partial charge in [-0.05, 0) is 20.1 Å². The van der Waals surface area contributed by atoms with Gasteiger partial charge in [-0.15, -0.1) is 23.1 Å². The summed E-state index contributed by atoms with van der Waals surface area (Å²) in [4.78, 5) is 12.7. The maximum absolute atomic E-state index is 4.33. The van der Waals surface area contributed by atoms with E-state index in [9.17, 15) is 0 Å².